The second-order valence-electron chi connectivity index (χ2n) is 4.31. The molecule has 0 atom stereocenters. The molecule has 0 saturated heterocycles. The van der Waals surface area contributed by atoms with E-state index in [1.807, 2.05) is 12.1 Å². The Kier molecular flexibility index (Phi) is 2.49. The zero-order valence-electron chi connectivity index (χ0n) is 10.2. The number of hydrogen-bond acceptors (Lipinski definition) is 4. The molecule has 3 aromatic rings. The molecule has 0 fully saturated rings. The highest BCUT2D eigenvalue weighted by Crippen LogP contribution is 2.19. The summed E-state index contributed by atoms with van der Waals surface area (Å²) in [6, 6.07) is 8.82. The van der Waals surface area contributed by atoms with Gasteiger partial charge < -0.3 is 20.6 Å². The molecule has 3 rings (SSSR count). The fourth-order valence-corrected chi connectivity index (χ4v) is 1.88. The van der Waals surface area contributed by atoms with Gasteiger partial charge in [-0.15, -0.1) is 0 Å². The maximum atomic E-state index is 12.0. The van der Waals surface area contributed by atoms with Crippen molar-refractivity contribution in [3.05, 3.63) is 41.8 Å². The molecular formula is C13H12N4O2. The first-order valence-corrected chi connectivity index (χ1v) is 5.75. The number of hydrogen-bond donors (Lipinski definition) is 3. The zero-order valence-corrected chi connectivity index (χ0v) is 10.2. The van der Waals surface area contributed by atoms with Crippen LogP contribution in [0.5, 0.6) is 0 Å². The van der Waals surface area contributed by atoms with E-state index >= 15 is 0 Å². The molecular weight excluding hydrogens is 244 g/mol. The van der Waals surface area contributed by atoms with Crippen molar-refractivity contribution < 1.29 is 9.32 Å². The van der Waals surface area contributed by atoms with Crippen LogP contribution in [0.2, 0.25) is 0 Å². The molecule has 2 aromatic heterocycles. The minimum absolute atomic E-state index is 0.275. The summed E-state index contributed by atoms with van der Waals surface area (Å²) >= 11 is 0. The van der Waals surface area contributed by atoms with Crippen LogP contribution < -0.4 is 11.1 Å². The Bertz CT molecular complexity index is 757. The summed E-state index contributed by atoms with van der Waals surface area (Å²) in [6.07, 6.45) is 0. The van der Waals surface area contributed by atoms with Crippen LogP contribution in [0.1, 0.15) is 16.2 Å². The highest BCUT2D eigenvalue weighted by Gasteiger charge is 2.11. The first-order valence-electron chi connectivity index (χ1n) is 5.75. The molecule has 0 aliphatic heterocycles. The van der Waals surface area contributed by atoms with E-state index in [2.05, 4.69) is 15.5 Å². The first-order chi connectivity index (χ1) is 9.11. The standard InChI is InChI=1S/C13H12N4O2/c1-7-4-12(17-19-7)16-13(18)11-6-8-5-9(14)2-3-10(8)15-11/h2-6,15H,14H2,1H3,(H,16,17,18). The number of aromatic nitrogens is 2. The largest absolute Gasteiger partial charge is 0.399 e. The summed E-state index contributed by atoms with van der Waals surface area (Å²) in [4.78, 5) is 15.0. The maximum Gasteiger partial charge on any atom is 0.273 e. The van der Waals surface area contributed by atoms with E-state index in [4.69, 9.17) is 10.3 Å². The Labute approximate surface area is 108 Å². The number of fused-ring (bicyclic) bond motifs is 1. The van der Waals surface area contributed by atoms with Gasteiger partial charge in [0.1, 0.15) is 11.5 Å². The summed E-state index contributed by atoms with van der Waals surface area (Å²) < 4.78 is 4.88. The number of nitrogens with two attached hydrogens (primary N) is 1. The fourth-order valence-electron chi connectivity index (χ4n) is 1.88. The van der Waals surface area contributed by atoms with Crippen LogP contribution in [-0.2, 0) is 0 Å². The van der Waals surface area contributed by atoms with Gasteiger partial charge in [-0.3, -0.25) is 4.79 Å². The van der Waals surface area contributed by atoms with Crippen molar-refractivity contribution in [2.45, 2.75) is 6.92 Å². The number of nitrogen functional groups attached to an aromatic ring is 1. The van der Waals surface area contributed by atoms with Crippen molar-refractivity contribution >= 4 is 28.3 Å². The topological polar surface area (TPSA) is 96.9 Å². The third kappa shape index (κ3) is 2.15. The second kappa shape index (κ2) is 4.16. The van der Waals surface area contributed by atoms with Crippen molar-refractivity contribution in [2.75, 3.05) is 11.1 Å². The summed E-state index contributed by atoms with van der Waals surface area (Å²) in [7, 11) is 0. The molecule has 0 spiro atoms. The Hall–Kier alpha value is -2.76. The van der Waals surface area contributed by atoms with Gasteiger partial charge in [-0.25, -0.2) is 0 Å². The van der Waals surface area contributed by atoms with Gasteiger partial charge >= 0.3 is 0 Å². The van der Waals surface area contributed by atoms with E-state index in [-0.39, 0.29) is 5.91 Å². The van der Waals surface area contributed by atoms with Crippen LogP contribution in [0.15, 0.2) is 34.9 Å². The molecule has 0 aliphatic carbocycles. The summed E-state index contributed by atoms with van der Waals surface area (Å²) in [6.45, 7) is 1.76. The summed E-state index contributed by atoms with van der Waals surface area (Å²) in [5.74, 6) is 0.753. The predicted molar refractivity (Wildman–Crippen MR) is 71.9 cm³/mol. The number of nitrogens with one attached hydrogen (secondary N) is 2. The number of amides is 1. The molecule has 2 heterocycles. The summed E-state index contributed by atoms with van der Waals surface area (Å²) in [5, 5.41) is 7.25. The third-order valence-corrected chi connectivity index (χ3v) is 2.76. The SMILES string of the molecule is Cc1cc(NC(=O)c2cc3cc(N)ccc3[nH]2)no1. The molecule has 1 aromatic carbocycles. The predicted octanol–water partition coefficient (Wildman–Crippen LogP) is 2.30. The smallest absolute Gasteiger partial charge is 0.273 e. The minimum atomic E-state index is -0.275. The van der Waals surface area contributed by atoms with E-state index in [0.29, 0.717) is 23.0 Å². The molecule has 6 heteroatoms. The van der Waals surface area contributed by atoms with Crippen LogP contribution in [0, 0.1) is 6.92 Å². The van der Waals surface area contributed by atoms with Gasteiger partial charge in [-0.2, -0.15) is 0 Å². The Balaban J connectivity index is 1.89. The van der Waals surface area contributed by atoms with Gasteiger partial charge in [0.25, 0.3) is 5.91 Å². The molecule has 19 heavy (non-hydrogen) atoms. The highest BCUT2D eigenvalue weighted by atomic mass is 16.5. The van der Waals surface area contributed by atoms with Crippen LogP contribution >= 0.6 is 0 Å². The molecule has 6 nitrogen and oxygen atoms in total. The number of aromatic amines is 1. The third-order valence-electron chi connectivity index (χ3n) is 2.76. The van der Waals surface area contributed by atoms with Gasteiger partial charge in [0.05, 0.1) is 0 Å². The number of nitrogens with zero attached hydrogens (tertiary/aromatic N) is 1. The molecule has 0 saturated carbocycles. The number of anilines is 2. The Morgan fingerprint density at radius 1 is 1.37 bits per heavy atom. The van der Waals surface area contributed by atoms with E-state index < -0.39 is 0 Å². The van der Waals surface area contributed by atoms with Crippen LogP contribution in [0.4, 0.5) is 11.5 Å². The average Bonchev–Trinajstić information content (AvgIpc) is 2.95. The average molecular weight is 256 g/mol. The number of benzene rings is 1. The lowest BCUT2D eigenvalue weighted by molar-refractivity contribution is 0.102. The van der Waals surface area contributed by atoms with Crippen LogP contribution in [0.25, 0.3) is 10.9 Å². The Morgan fingerprint density at radius 2 is 2.21 bits per heavy atom. The molecule has 0 radical (unpaired) electrons. The number of H-pyrrole nitrogens is 1. The number of aryl methyl sites for hydroxylation is 1. The fraction of sp³-hybridized carbons (Fsp3) is 0.0769. The zero-order chi connectivity index (χ0) is 13.4. The van der Waals surface area contributed by atoms with Crippen LogP contribution in [-0.4, -0.2) is 16.0 Å². The number of carbonyl (C=O) groups is 1. The van der Waals surface area contributed by atoms with E-state index in [1.165, 1.54) is 0 Å². The van der Waals surface area contributed by atoms with Crippen molar-refractivity contribution in [3.63, 3.8) is 0 Å². The van der Waals surface area contributed by atoms with Crippen molar-refractivity contribution in [1.29, 1.82) is 0 Å². The van der Waals surface area contributed by atoms with Gasteiger partial charge in [0, 0.05) is 22.7 Å². The van der Waals surface area contributed by atoms with Gasteiger partial charge in [0.15, 0.2) is 5.82 Å². The summed E-state index contributed by atoms with van der Waals surface area (Å²) in [5.41, 5.74) is 7.66. The molecule has 1 amide bonds. The van der Waals surface area contributed by atoms with E-state index in [9.17, 15) is 4.79 Å². The molecule has 4 N–H and O–H groups in total. The first kappa shape index (κ1) is 11.3. The number of rotatable bonds is 2. The van der Waals surface area contributed by atoms with E-state index in [1.54, 1.807) is 25.1 Å². The highest BCUT2D eigenvalue weighted by molar-refractivity contribution is 6.05. The quantitative estimate of drug-likeness (QED) is 0.613. The van der Waals surface area contributed by atoms with Gasteiger partial charge in [-0.1, -0.05) is 5.16 Å². The minimum Gasteiger partial charge on any atom is -0.399 e. The van der Waals surface area contributed by atoms with Gasteiger partial charge in [-0.05, 0) is 31.2 Å². The van der Waals surface area contributed by atoms with E-state index in [0.717, 1.165) is 10.9 Å². The maximum absolute atomic E-state index is 12.0. The van der Waals surface area contributed by atoms with Crippen molar-refractivity contribution in [2.24, 2.45) is 0 Å². The molecule has 0 unspecified atom stereocenters. The van der Waals surface area contributed by atoms with Gasteiger partial charge in [0.2, 0.25) is 0 Å². The van der Waals surface area contributed by atoms with Crippen molar-refractivity contribution in [3.8, 4) is 0 Å². The van der Waals surface area contributed by atoms with Crippen molar-refractivity contribution in [1.82, 2.24) is 10.1 Å². The van der Waals surface area contributed by atoms with Crippen LogP contribution in [0.3, 0.4) is 0 Å². The number of carbonyl (C=O) groups excluding carboxylic acids is 1. The Morgan fingerprint density at radius 3 is 2.95 bits per heavy atom. The monoisotopic (exact) mass is 256 g/mol. The second-order valence-corrected chi connectivity index (χ2v) is 4.31. The molecule has 0 bridgehead atoms. The lowest BCUT2D eigenvalue weighted by atomic mass is 10.2. The lowest BCUT2D eigenvalue weighted by Crippen LogP contribution is -2.12. The normalized spacial score (nSPS) is 10.8. The molecule has 96 valence electrons. The lowest BCUT2D eigenvalue weighted by Gasteiger charge is -1.97. The molecule has 0 aliphatic rings.